The fourth-order valence-corrected chi connectivity index (χ4v) is 2.88. The minimum atomic E-state index is -0.424. The molecule has 1 N–H and O–H groups in total. The Labute approximate surface area is 130 Å². The van der Waals surface area contributed by atoms with E-state index in [4.69, 9.17) is 0 Å². The van der Waals surface area contributed by atoms with Crippen molar-refractivity contribution in [2.24, 2.45) is 5.41 Å². The van der Waals surface area contributed by atoms with Gasteiger partial charge in [0, 0.05) is 24.4 Å². The van der Waals surface area contributed by atoms with Crippen LogP contribution in [0.2, 0.25) is 0 Å². The first-order chi connectivity index (χ1) is 10.6. The molecule has 1 fully saturated rings. The summed E-state index contributed by atoms with van der Waals surface area (Å²) in [4.78, 5) is 22.6. The highest BCUT2D eigenvalue weighted by Crippen LogP contribution is 2.35. The maximum Gasteiger partial charge on any atom is 0.284 e. The first-order valence-electron chi connectivity index (χ1n) is 7.60. The molecule has 22 heavy (non-hydrogen) atoms. The third-order valence-electron chi connectivity index (χ3n) is 4.33. The third kappa shape index (κ3) is 3.45. The molecule has 0 bridgehead atoms. The molecule has 116 valence electrons. The van der Waals surface area contributed by atoms with Gasteiger partial charge < -0.3 is 5.32 Å². The molecule has 1 atom stereocenters. The Bertz CT molecular complexity index is 630. The van der Waals surface area contributed by atoms with E-state index in [-0.39, 0.29) is 17.0 Å². The van der Waals surface area contributed by atoms with Crippen molar-refractivity contribution in [1.82, 2.24) is 5.32 Å². The molecule has 0 aromatic heterocycles. The average Bonchev–Trinajstić information content (AvgIpc) is 2.53. The number of nitro groups is 1. The van der Waals surface area contributed by atoms with Crippen molar-refractivity contribution in [3.8, 4) is 11.8 Å². The van der Waals surface area contributed by atoms with Gasteiger partial charge in [-0.15, -0.1) is 0 Å². The van der Waals surface area contributed by atoms with Gasteiger partial charge in [0.15, 0.2) is 0 Å². The zero-order chi connectivity index (χ0) is 16.0. The molecule has 2 rings (SSSR count). The average molecular weight is 300 g/mol. The molecule has 0 radical (unpaired) electrons. The lowest BCUT2D eigenvalue weighted by Crippen LogP contribution is -2.45. The van der Waals surface area contributed by atoms with Gasteiger partial charge in [-0.1, -0.05) is 30.9 Å². The van der Waals surface area contributed by atoms with E-state index in [1.54, 1.807) is 18.2 Å². The molecular formula is C17H20N2O3. The zero-order valence-electron chi connectivity index (χ0n) is 12.7. The van der Waals surface area contributed by atoms with Crippen molar-refractivity contribution >= 4 is 11.6 Å². The largest absolute Gasteiger partial charge is 0.356 e. The Balaban J connectivity index is 2.05. The highest BCUT2D eigenvalue weighted by molar-refractivity contribution is 5.83. The summed E-state index contributed by atoms with van der Waals surface area (Å²) < 4.78 is 0. The van der Waals surface area contributed by atoms with Crippen molar-refractivity contribution in [2.75, 3.05) is 6.54 Å². The molecule has 1 aliphatic rings. The highest BCUT2D eigenvalue weighted by Gasteiger charge is 2.37. The molecule has 1 aromatic rings. The minimum Gasteiger partial charge on any atom is -0.356 e. The second-order valence-electron chi connectivity index (χ2n) is 5.57. The van der Waals surface area contributed by atoms with Crippen LogP contribution in [0.4, 0.5) is 5.69 Å². The summed E-state index contributed by atoms with van der Waals surface area (Å²) in [5, 5.41) is 13.9. The molecule has 1 aromatic carbocycles. The quantitative estimate of drug-likeness (QED) is 0.528. The summed E-state index contributed by atoms with van der Waals surface area (Å²) in [5.74, 6) is 5.98. The predicted octanol–water partition coefficient (Wildman–Crippen LogP) is 3.03. The van der Waals surface area contributed by atoms with E-state index in [9.17, 15) is 14.9 Å². The van der Waals surface area contributed by atoms with E-state index in [1.165, 1.54) is 6.07 Å². The third-order valence-corrected chi connectivity index (χ3v) is 4.33. The van der Waals surface area contributed by atoms with E-state index < -0.39 is 4.92 Å². The zero-order valence-corrected chi connectivity index (χ0v) is 12.7. The second-order valence-corrected chi connectivity index (χ2v) is 5.57. The van der Waals surface area contributed by atoms with Gasteiger partial charge in [-0.2, -0.15) is 0 Å². The summed E-state index contributed by atoms with van der Waals surface area (Å²) >= 11 is 0. The van der Waals surface area contributed by atoms with E-state index in [0.717, 1.165) is 25.8 Å². The van der Waals surface area contributed by atoms with E-state index in [0.29, 0.717) is 18.4 Å². The lowest BCUT2D eigenvalue weighted by atomic mass is 9.74. The summed E-state index contributed by atoms with van der Waals surface area (Å²) in [6.07, 6.45) is 3.95. The number of nitrogens with zero attached hydrogens (tertiary/aromatic N) is 1. The van der Waals surface area contributed by atoms with Crippen LogP contribution in [0.15, 0.2) is 24.3 Å². The summed E-state index contributed by atoms with van der Waals surface area (Å²) in [6, 6.07) is 6.46. The van der Waals surface area contributed by atoms with E-state index in [1.807, 2.05) is 6.92 Å². The first-order valence-corrected chi connectivity index (χ1v) is 7.60. The Morgan fingerprint density at radius 2 is 2.18 bits per heavy atom. The molecule has 1 aliphatic heterocycles. The van der Waals surface area contributed by atoms with Crippen LogP contribution in [0, 0.1) is 27.4 Å². The molecule has 5 nitrogen and oxygen atoms in total. The van der Waals surface area contributed by atoms with Gasteiger partial charge in [0.25, 0.3) is 5.69 Å². The second kappa shape index (κ2) is 7.08. The van der Waals surface area contributed by atoms with Crippen LogP contribution >= 0.6 is 0 Å². The summed E-state index contributed by atoms with van der Waals surface area (Å²) in [7, 11) is 0. The van der Waals surface area contributed by atoms with Crippen LogP contribution in [0.25, 0.3) is 0 Å². The molecular weight excluding hydrogens is 280 g/mol. The Morgan fingerprint density at radius 3 is 2.86 bits per heavy atom. The van der Waals surface area contributed by atoms with Crippen molar-refractivity contribution in [3.05, 3.63) is 39.9 Å². The predicted molar refractivity (Wildman–Crippen MR) is 84.2 cm³/mol. The number of amides is 1. The van der Waals surface area contributed by atoms with Crippen LogP contribution in [0.1, 0.15) is 44.6 Å². The number of carbonyl (C=O) groups is 1. The fourth-order valence-electron chi connectivity index (χ4n) is 2.88. The van der Waals surface area contributed by atoms with Gasteiger partial charge in [0.05, 0.1) is 4.92 Å². The normalized spacial score (nSPS) is 20.7. The number of piperidine rings is 1. The standard InChI is InChI=1S/C17H20N2O3/c1-2-17(12-7-13-18-16(17)20)11-6-5-9-14-8-3-4-10-15(14)19(21)22/h3-4,8,10H,2,6-7,11-13H2,1H3,(H,18,20). The smallest absolute Gasteiger partial charge is 0.284 e. The highest BCUT2D eigenvalue weighted by atomic mass is 16.6. The number of nitro benzene ring substituents is 1. The summed E-state index contributed by atoms with van der Waals surface area (Å²) in [5.41, 5.74) is 0.122. The van der Waals surface area contributed by atoms with Gasteiger partial charge in [0.2, 0.25) is 5.91 Å². The number of benzene rings is 1. The Morgan fingerprint density at radius 1 is 1.41 bits per heavy atom. The lowest BCUT2D eigenvalue weighted by Gasteiger charge is -2.34. The number of rotatable bonds is 4. The van der Waals surface area contributed by atoms with Crippen LogP contribution in [-0.2, 0) is 4.79 Å². The molecule has 1 saturated heterocycles. The number of carbonyl (C=O) groups excluding carboxylic acids is 1. The summed E-state index contributed by atoms with van der Waals surface area (Å²) in [6.45, 7) is 2.78. The lowest BCUT2D eigenvalue weighted by molar-refractivity contribution is -0.385. The molecule has 0 saturated carbocycles. The van der Waals surface area contributed by atoms with Crippen LogP contribution < -0.4 is 5.32 Å². The Hall–Kier alpha value is -2.35. The maximum absolute atomic E-state index is 12.1. The van der Waals surface area contributed by atoms with E-state index >= 15 is 0 Å². The minimum absolute atomic E-state index is 0.0237. The molecule has 1 unspecified atom stereocenters. The number of nitrogens with one attached hydrogen (secondary N) is 1. The van der Waals surface area contributed by atoms with Crippen LogP contribution in [0.3, 0.4) is 0 Å². The van der Waals surface area contributed by atoms with Gasteiger partial charge in [0.1, 0.15) is 5.56 Å². The number of para-hydroxylation sites is 1. The van der Waals surface area contributed by atoms with Crippen molar-refractivity contribution in [1.29, 1.82) is 0 Å². The van der Waals surface area contributed by atoms with Gasteiger partial charge in [-0.05, 0) is 31.7 Å². The number of hydrogen-bond donors (Lipinski definition) is 1. The Kier molecular flexibility index (Phi) is 5.16. The fraction of sp³-hybridized carbons (Fsp3) is 0.471. The van der Waals surface area contributed by atoms with Gasteiger partial charge in [-0.3, -0.25) is 14.9 Å². The van der Waals surface area contributed by atoms with Crippen LogP contribution in [-0.4, -0.2) is 17.4 Å². The first kappa shape index (κ1) is 16.0. The van der Waals surface area contributed by atoms with Gasteiger partial charge in [-0.25, -0.2) is 0 Å². The molecule has 0 aliphatic carbocycles. The maximum atomic E-state index is 12.1. The number of hydrogen-bond acceptors (Lipinski definition) is 3. The topological polar surface area (TPSA) is 72.2 Å². The molecule has 1 heterocycles. The van der Waals surface area contributed by atoms with E-state index in [2.05, 4.69) is 17.2 Å². The molecule has 0 spiro atoms. The van der Waals surface area contributed by atoms with Gasteiger partial charge >= 0.3 is 0 Å². The van der Waals surface area contributed by atoms with Crippen molar-refractivity contribution in [3.63, 3.8) is 0 Å². The van der Waals surface area contributed by atoms with Crippen molar-refractivity contribution < 1.29 is 9.72 Å². The van der Waals surface area contributed by atoms with Crippen molar-refractivity contribution in [2.45, 2.75) is 39.0 Å². The molecule has 1 amide bonds. The monoisotopic (exact) mass is 300 g/mol. The SMILES string of the molecule is CCC1(CCC#Cc2ccccc2[N+](=O)[O-])CCCNC1=O. The van der Waals surface area contributed by atoms with Crippen LogP contribution in [0.5, 0.6) is 0 Å². The molecule has 5 heteroatoms.